The molecule has 0 aliphatic rings. The third kappa shape index (κ3) is 1.91. The van der Waals surface area contributed by atoms with Gasteiger partial charge in [-0.1, -0.05) is 5.21 Å². The fraction of sp³-hybridized carbons (Fsp3) is 0.455. The van der Waals surface area contributed by atoms with Crippen LogP contribution in [-0.2, 0) is 6.54 Å². The highest BCUT2D eigenvalue weighted by molar-refractivity contribution is 5.76. The highest BCUT2D eigenvalue weighted by atomic mass is 16.3. The minimum Gasteiger partial charge on any atom is -0.394 e. The molecule has 0 amide bonds. The number of benzene rings is 1. The van der Waals surface area contributed by atoms with Crippen molar-refractivity contribution in [3.63, 3.8) is 0 Å². The number of hydrogen-bond donors (Lipinski definition) is 2. The van der Waals surface area contributed by atoms with Gasteiger partial charge in [0.25, 0.3) is 0 Å². The number of nitrogens with zero attached hydrogens (tertiary/aromatic N) is 3. The predicted octanol–water partition coefficient (Wildman–Crippen LogP) is 0.401. The number of aryl methyl sites for hydroxylation is 2. The molecule has 0 spiro atoms. The molecule has 1 atom stereocenters. The van der Waals surface area contributed by atoms with Gasteiger partial charge in [0.05, 0.1) is 24.8 Å². The molecule has 1 aromatic heterocycles. The minimum atomic E-state index is -0.800. The molecule has 5 nitrogen and oxygen atoms in total. The van der Waals surface area contributed by atoms with Crippen molar-refractivity contribution in [3.8, 4) is 0 Å². The third-order valence-electron chi connectivity index (χ3n) is 2.72. The predicted molar refractivity (Wildman–Crippen MR) is 60.1 cm³/mol. The topological polar surface area (TPSA) is 71.2 Å². The van der Waals surface area contributed by atoms with E-state index >= 15 is 0 Å². The maximum Gasteiger partial charge on any atom is 0.113 e. The number of fused-ring (bicyclic) bond motifs is 1. The van der Waals surface area contributed by atoms with Crippen LogP contribution in [0.1, 0.15) is 11.1 Å². The van der Waals surface area contributed by atoms with Crippen molar-refractivity contribution in [2.24, 2.45) is 0 Å². The van der Waals surface area contributed by atoms with E-state index < -0.39 is 6.10 Å². The second kappa shape index (κ2) is 4.19. The van der Waals surface area contributed by atoms with Crippen molar-refractivity contribution in [1.82, 2.24) is 15.0 Å². The Labute approximate surface area is 93.3 Å². The number of aliphatic hydroxyl groups is 2. The van der Waals surface area contributed by atoms with Gasteiger partial charge in [-0.25, -0.2) is 4.68 Å². The summed E-state index contributed by atoms with van der Waals surface area (Å²) >= 11 is 0. The first kappa shape index (κ1) is 11.0. The monoisotopic (exact) mass is 221 g/mol. The summed E-state index contributed by atoms with van der Waals surface area (Å²) in [5.41, 5.74) is 4.03. The SMILES string of the molecule is Cc1cc2nnn(CC(O)CO)c2cc1C. The lowest BCUT2D eigenvalue weighted by Gasteiger charge is -2.07. The summed E-state index contributed by atoms with van der Waals surface area (Å²) in [6, 6.07) is 3.97. The fourth-order valence-corrected chi connectivity index (χ4v) is 1.62. The molecule has 0 aliphatic carbocycles. The Morgan fingerprint density at radius 1 is 1.31 bits per heavy atom. The maximum atomic E-state index is 9.37. The summed E-state index contributed by atoms with van der Waals surface area (Å²) in [6.45, 7) is 4.03. The Hall–Kier alpha value is -1.46. The molecule has 0 saturated heterocycles. The first-order valence-electron chi connectivity index (χ1n) is 5.21. The van der Waals surface area contributed by atoms with Gasteiger partial charge in [-0.3, -0.25) is 0 Å². The summed E-state index contributed by atoms with van der Waals surface area (Å²) < 4.78 is 1.61. The molecule has 86 valence electrons. The lowest BCUT2D eigenvalue weighted by molar-refractivity contribution is 0.0788. The molecule has 0 fully saturated rings. The first-order chi connectivity index (χ1) is 7.61. The van der Waals surface area contributed by atoms with E-state index in [9.17, 15) is 5.11 Å². The molecular weight excluding hydrogens is 206 g/mol. The largest absolute Gasteiger partial charge is 0.394 e. The summed E-state index contributed by atoms with van der Waals surface area (Å²) in [6.07, 6.45) is -0.800. The van der Waals surface area contributed by atoms with E-state index in [4.69, 9.17) is 5.11 Å². The van der Waals surface area contributed by atoms with E-state index in [1.807, 2.05) is 26.0 Å². The van der Waals surface area contributed by atoms with Gasteiger partial charge >= 0.3 is 0 Å². The van der Waals surface area contributed by atoms with Crippen molar-refractivity contribution in [2.75, 3.05) is 6.61 Å². The molecule has 5 heteroatoms. The average molecular weight is 221 g/mol. The smallest absolute Gasteiger partial charge is 0.113 e. The van der Waals surface area contributed by atoms with Gasteiger partial charge in [-0.15, -0.1) is 5.10 Å². The molecular formula is C11H15N3O2. The van der Waals surface area contributed by atoms with Crippen molar-refractivity contribution >= 4 is 11.0 Å². The Bertz CT molecular complexity index is 507. The van der Waals surface area contributed by atoms with E-state index in [2.05, 4.69) is 10.3 Å². The van der Waals surface area contributed by atoms with Crippen LogP contribution in [0, 0.1) is 13.8 Å². The van der Waals surface area contributed by atoms with Crippen LogP contribution in [0.25, 0.3) is 11.0 Å². The van der Waals surface area contributed by atoms with Crippen LogP contribution in [0.3, 0.4) is 0 Å². The zero-order valence-corrected chi connectivity index (χ0v) is 9.38. The molecule has 16 heavy (non-hydrogen) atoms. The third-order valence-corrected chi connectivity index (χ3v) is 2.72. The highest BCUT2D eigenvalue weighted by Crippen LogP contribution is 2.17. The lowest BCUT2D eigenvalue weighted by Crippen LogP contribution is -2.20. The standard InChI is InChI=1S/C11H15N3O2/c1-7-3-10-11(4-8(7)2)14(13-12-10)5-9(16)6-15/h3-4,9,15-16H,5-6H2,1-2H3. The van der Waals surface area contributed by atoms with Crippen molar-refractivity contribution in [2.45, 2.75) is 26.5 Å². The first-order valence-corrected chi connectivity index (χ1v) is 5.21. The van der Waals surface area contributed by atoms with E-state index in [-0.39, 0.29) is 13.2 Å². The summed E-state index contributed by atoms with van der Waals surface area (Å²) in [5, 5.41) is 26.2. The van der Waals surface area contributed by atoms with Crippen LogP contribution in [0.4, 0.5) is 0 Å². The van der Waals surface area contributed by atoms with E-state index in [0.29, 0.717) is 0 Å². The summed E-state index contributed by atoms with van der Waals surface area (Å²) in [4.78, 5) is 0. The Balaban J connectivity index is 2.44. The summed E-state index contributed by atoms with van der Waals surface area (Å²) in [5.74, 6) is 0. The lowest BCUT2D eigenvalue weighted by atomic mass is 10.1. The zero-order chi connectivity index (χ0) is 11.7. The van der Waals surface area contributed by atoms with Crippen molar-refractivity contribution in [1.29, 1.82) is 0 Å². The average Bonchev–Trinajstić information content (AvgIpc) is 2.62. The van der Waals surface area contributed by atoms with Crippen LogP contribution in [0.2, 0.25) is 0 Å². The number of hydrogen-bond acceptors (Lipinski definition) is 4. The van der Waals surface area contributed by atoms with Gasteiger partial charge in [-0.05, 0) is 37.1 Å². The molecule has 2 N–H and O–H groups in total. The van der Waals surface area contributed by atoms with Gasteiger partial charge in [0, 0.05) is 0 Å². The normalized spacial score (nSPS) is 13.2. The maximum absolute atomic E-state index is 9.37. The number of rotatable bonds is 3. The Morgan fingerprint density at radius 2 is 2.00 bits per heavy atom. The molecule has 0 radical (unpaired) electrons. The molecule has 1 aromatic carbocycles. The zero-order valence-electron chi connectivity index (χ0n) is 9.38. The quantitative estimate of drug-likeness (QED) is 0.787. The van der Waals surface area contributed by atoms with Crippen molar-refractivity contribution in [3.05, 3.63) is 23.3 Å². The van der Waals surface area contributed by atoms with Gasteiger partial charge in [0.1, 0.15) is 5.52 Å². The second-order valence-electron chi connectivity index (χ2n) is 4.03. The Morgan fingerprint density at radius 3 is 2.69 bits per heavy atom. The molecule has 2 aromatic rings. The molecule has 0 saturated carbocycles. The minimum absolute atomic E-state index is 0.259. The van der Waals surface area contributed by atoms with Gasteiger partial charge in [0.15, 0.2) is 0 Å². The highest BCUT2D eigenvalue weighted by Gasteiger charge is 2.10. The van der Waals surface area contributed by atoms with Crippen LogP contribution >= 0.6 is 0 Å². The van der Waals surface area contributed by atoms with Gasteiger partial charge < -0.3 is 10.2 Å². The molecule has 0 aliphatic heterocycles. The van der Waals surface area contributed by atoms with Crippen molar-refractivity contribution < 1.29 is 10.2 Å². The van der Waals surface area contributed by atoms with Crippen LogP contribution in [-0.4, -0.2) is 37.9 Å². The summed E-state index contributed by atoms with van der Waals surface area (Å²) in [7, 11) is 0. The van der Waals surface area contributed by atoms with Crippen LogP contribution in [0.5, 0.6) is 0 Å². The molecule has 1 heterocycles. The number of aromatic nitrogens is 3. The Kier molecular flexibility index (Phi) is 2.89. The molecule has 0 bridgehead atoms. The van der Waals surface area contributed by atoms with Crippen LogP contribution < -0.4 is 0 Å². The molecule has 2 rings (SSSR count). The molecule has 1 unspecified atom stereocenters. The van der Waals surface area contributed by atoms with Gasteiger partial charge in [0.2, 0.25) is 0 Å². The van der Waals surface area contributed by atoms with E-state index in [0.717, 1.165) is 16.6 Å². The second-order valence-corrected chi connectivity index (χ2v) is 4.03. The van der Waals surface area contributed by atoms with E-state index in [1.54, 1.807) is 4.68 Å². The fourth-order valence-electron chi connectivity index (χ4n) is 1.62. The number of aliphatic hydroxyl groups excluding tert-OH is 2. The van der Waals surface area contributed by atoms with Gasteiger partial charge in [-0.2, -0.15) is 0 Å². The van der Waals surface area contributed by atoms with E-state index in [1.165, 1.54) is 5.56 Å². The van der Waals surface area contributed by atoms with Crippen LogP contribution in [0.15, 0.2) is 12.1 Å².